The van der Waals surface area contributed by atoms with Crippen molar-refractivity contribution in [3.63, 3.8) is 0 Å². The van der Waals surface area contributed by atoms with Crippen molar-refractivity contribution in [2.24, 2.45) is 17.8 Å². The Morgan fingerprint density at radius 3 is 2.00 bits per heavy atom. The monoisotopic (exact) mass is 185 g/mol. The van der Waals surface area contributed by atoms with Crippen LogP contribution in [0.15, 0.2) is 0 Å². The summed E-state index contributed by atoms with van der Waals surface area (Å²) in [5, 5.41) is 0.620. The number of hydrogen-bond acceptors (Lipinski definition) is 2. The van der Waals surface area contributed by atoms with Crippen molar-refractivity contribution in [1.29, 1.82) is 0 Å². The van der Waals surface area contributed by atoms with E-state index < -0.39 is 0 Å². The molecule has 1 nitrogen and oxygen atoms in total. The van der Waals surface area contributed by atoms with Gasteiger partial charge in [-0.1, -0.05) is 6.92 Å². The molecule has 12 heavy (non-hydrogen) atoms. The standard InChI is InChI=1S/C10H19NS/c1-6(2)11-4-8-9(5-11)10(8)7(3)12/h6-10,12H,4-5H2,1-3H3. The molecule has 0 amide bonds. The van der Waals surface area contributed by atoms with E-state index in [1.54, 1.807) is 0 Å². The third-order valence-electron chi connectivity index (χ3n) is 3.58. The Hall–Kier alpha value is 0.310. The van der Waals surface area contributed by atoms with Gasteiger partial charge in [-0.15, -0.1) is 0 Å². The normalized spacial score (nSPS) is 43.2. The van der Waals surface area contributed by atoms with Gasteiger partial charge in [0.2, 0.25) is 0 Å². The first-order chi connectivity index (χ1) is 5.61. The molecule has 3 unspecified atom stereocenters. The van der Waals surface area contributed by atoms with Gasteiger partial charge in [0, 0.05) is 24.4 Å². The minimum atomic E-state index is 0.620. The van der Waals surface area contributed by atoms with E-state index in [4.69, 9.17) is 0 Å². The molecule has 1 saturated carbocycles. The zero-order valence-corrected chi connectivity index (χ0v) is 9.09. The number of piperidine rings is 1. The fourth-order valence-corrected chi connectivity index (χ4v) is 3.18. The molecule has 2 rings (SSSR count). The van der Waals surface area contributed by atoms with Crippen LogP contribution in [0.3, 0.4) is 0 Å². The third-order valence-corrected chi connectivity index (χ3v) is 3.92. The Kier molecular flexibility index (Phi) is 2.16. The maximum atomic E-state index is 4.52. The number of fused-ring (bicyclic) bond motifs is 1. The highest BCUT2D eigenvalue weighted by Crippen LogP contribution is 2.54. The second-order valence-electron chi connectivity index (χ2n) is 4.69. The van der Waals surface area contributed by atoms with Gasteiger partial charge in [0.05, 0.1) is 0 Å². The van der Waals surface area contributed by atoms with Crippen LogP contribution in [-0.4, -0.2) is 29.3 Å². The summed E-state index contributed by atoms with van der Waals surface area (Å²) in [6, 6.07) is 0.744. The lowest BCUT2D eigenvalue weighted by Crippen LogP contribution is -2.32. The largest absolute Gasteiger partial charge is 0.300 e. The number of hydrogen-bond donors (Lipinski definition) is 1. The fraction of sp³-hybridized carbons (Fsp3) is 1.00. The summed E-state index contributed by atoms with van der Waals surface area (Å²) in [4.78, 5) is 2.60. The van der Waals surface area contributed by atoms with Crippen molar-refractivity contribution < 1.29 is 0 Å². The van der Waals surface area contributed by atoms with E-state index in [9.17, 15) is 0 Å². The highest BCUT2D eigenvalue weighted by atomic mass is 32.1. The lowest BCUT2D eigenvalue weighted by atomic mass is 10.2. The van der Waals surface area contributed by atoms with Crippen LogP contribution in [0.4, 0.5) is 0 Å². The number of likely N-dealkylation sites (tertiary alicyclic amines) is 1. The molecule has 1 aliphatic carbocycles. The molecule has 0 aromatic heterocycles. The third kappa shape index (κ3) is 1.29. The Bertz CT molecular complexity index is 161. The molecule has 0 radical (unpaired) electrons. The summed E-state index contributed by atoms with van der Waals surface area (Å²) in [5.41, 5.74) is 0. The topological polar surface area (TPSA) is 3.24 Å². The van der Waals surface area contributed by atoms with Crippen molar-refractivity contribution in [2.75, 3.05) is 13.1 Å². The van der Waals surface area contributed by atoms with E-state index in [1.165, 1.54) is 13.1 Å². The maximum Gasteiger partial charge on any atom is 0.00388 e. The molecule has 1 aliphatic heterocycles. The zero-order chi connectivity index (χ0) is 8.88. The van der Waals surface area contributed by atoms with Gasteiger partial charge in [-0.3, -0.25) is 0 Å². The predicted octanol–water partition coefficient (Wildman–Crippen LogP) is 1.89. The van der Waals surface area contributed by atoms with E-state index in [0.717, 1.165) is 23.8 Å². The SMILES string of the molecule is CC(S)C1C2CN(C(C)C)CC21. The van der Waals surface area contributed by atoms with Crippen LogP contribution in [0.2, 0.25) is 0 Å². The summed E-state index contributed by atoms with van der Waals surface area (Å²) in [5.74, 6) is 2.91. The second-order valence-corrected chi connectivity index (χ2v) is 5.51. The summed E-state index contributed by atoms with van der Waals surface area (Å²) in [7, 11) is 0. The zero-order valence-electron chi connectivity index (χ0n) is 8.20. The molecule has 0 N–H and O–H groups in total. The smallest absolute Gasteiger partial charge is 0.00388 e. The Morgan fingerprint density at radius 2 is 1.67 bits per heavy atom. The molecule has 0 bridgehead atoms. The van der Waals surface area contributed by atoms with Crippen molar-refractivity contribution in [3.8, 4) is 0 Å². The summed E-state index contributed by atoms with van der Waals surface area (Å²) in [6.45, 7) is 9.50. The van der Waals surface area contributed by atoms with Crippen LogP contribution in [-0.2, 0) is 0 Å². The van der Waals surface area contributed by atoms with E-state index in [1.807, 2.05) is 0 Å². The van der Waals surface area contributed by atoms with Crippen molar-refractivity contribution in [2.45, 2.75) is 32.1 Å². The molecule has 1 saturated heterocycles. The Morgan fingerprint density at radius 1 is 1.17 bits per heavy atom. The van der Waals surface area contributed by atoms with Gasteiger partial charge < -0.3 is 4.90 Å². The maximum absolute atomic E-state index is 4.52. The second kappa shape index (κ2) is 2.91. The number of thiol groups is 1. The molecule has 70 valence electrons. The van der Waals surface area contributed by atoms with Gasteiger partial charge >= 0.3 is 0 Å². The first-order valence-electron chi connectivity index (χ1n) is 5.03. The molecular weight excluding hydrogens is 166 g/mol. The Balaban J connectivity index is 1.86. The fourth-order valence-electron chi connectivity index (χ4n) is 2.74. The molecule has 0 spiro atoms. The average molecular weight is 185 g/mol. The van der Waals surface area contributed by atoms with Gasteiger partial charge in [-0.05, 0) is 31.6 Å². The van der Waals surface area contributed by atoms with Crippen molar-refractivity contribution >= 4 is 12.6 Å². The highest BCUT2D eigenvalue weighted by Gasteiger charge is 2.56. The van der Waals surface area contributed by atoms with Crippen LogP contribution < -0.4 is 0 Å². The molecular formula is C10H19NS. The van der Waals surface area contributed by atoms with Crippen LogP contribution >= 0.6 is 12.6 Å². The van der Waals surface area contributed by atoms with Gasteiger partial charge in [-0.25, -0.2) is 0 Å². The van der Waals surface area contributed by atoms with Crippen LogP contribution in [0.5, 0.6) is 0 Å². The highest BCUT2D eigenvalue weighted by molar-refractivity contribution is 7.80. The molecule has 0 aromatic carbocycles. The lowest BCUT2D eigenvalue weighted by molar-refractivity contribution is 0.233. The van der Waals surface area contributed by atoms with Gasteiger partial charge in [-0.2, -0.15) is 12.6 Å². The molecule has 2 heteroatoms. The molecule has 0 aromatic rings. The summed E-state index contributed by atoms with van der Waals surface area (Å²) >= 11 is 4.52. The van der Waals surface area contributed by atoms with E-state index in [-0.39, 0.29) is 0 Å². The lowest BCUT2D eigenvalue weighted by Gasteiger charge is -2.24. The first kappa shape index (κ1) is 8.89. The average Bonchev–Trinajstić information content (AvgIpc) is 2.48. The first-order valence-corrected chi connectivity index (χ1v) is 5.55. The predicted molar refractivity (Wildman–Crippen MR) is 55.6 cm³/mol. The van der Waals surface area contributed by atoms with Crippen LogP contribution in [0.25, 0.3) is 0 Å². The molecule has 3 atom stereocenters. The van der Waals surface area contributed by atoms with Gasteiger partial charge in [0.15, 0.2) is 0 Å². The summed E-state index contributed by atoms with van der Waals surface area (Å²) in [6.07, 6.45) is 0. The van der Waals surface area contributed by atoms with Crippen molar-refractivity contribution in [3.05, 3.63) is 0 Å². The van der Waals surface area contributed by atoms with Crippen LogP contribution in [0.1, 0.15) is 20.8 Å². The van der Waals surface area contributed by atoms with Crippen molar-refractivity contribution in [1.82, 2.24) is 4.90 Å². The molecule has 1 heterocycles. The van der Waals surface area contributed by atoms with E-state index >= 15 is 0 Å². The summed E-state index contributed by atoms with van der Waals surface area (Å²) < 4.78 is 0. The number of rotatable bonds is 2. The van der Waals surface area contributed by atoms with E-state index in [0.29, 0.717) is 5.25 Å². The number of nitrogens with zero attached hydrogens (tertiary/aromatic N) is 1. The quantitative estimate of drug-likeness (QED) is 0.643. The minimum Gasteiger partial charge on any atom is -0.300 e. The molecule has 2 fully saturated rings. The van der Waals surface area contributed by atoms with Gasteiger partial charge in [0.25, 0.3) is 0 Å². The Labute approximate surface area is 80.9 Å². The van der Waals surface area contributed by atoms with Gasteiger partial charge in [0.1, 0.15) is 0 Å². The van der Waals surface area contributed by atoms with Crippen LogP contribution in [0, 0.1) is 17.8 Å². The minimum absolute atomic E-state index is 0.620. The molecule has 2 aliphatic rings. The van der Waals surface area contributed by atoms with E-state index in [2.05, 4.69) is 38.3 Å².